The molecule has 1 aliphatic rings. The van der Waals surface area contributed by atoms with Crippen LogP contribution in [0.25, 0.3) is 0 Å². The molecule has 0 aliphatic carbocycles. The van der Waals surface area contributed by atoms with Crippen LogP contribution in [0.3, 0.4) is 0 Å². The Morgan fingerprint density at radius 3 is 2.62 bits per heavy atom. The normalized spacial score (nSPS) is 22.1. The lowest BCUT2D eigenvalue weighted by Gasteiger charge is -1.86. The van der Waals surface area contributed by atoms with Gasteiger partial charge in [-0.2, -0.15) is 0 Å². The molecule has 1 rings (SSSR count). The minimum absolute atomic E-state index is 0.627. The molecular weight excluding hydrogens is 128 g/mol. The molecule has 0 spiro atoms. The molecule has 0 aromatic carbocycles. The van der Waals surface area contributed by atoms with Gasteiger partial charge in [-0.15, -0.1) is 12.5 Å². The van der Waals surface area contributed by atoms with Gasteiger partial charge >= 0.3 is 11.7 Å². The van der Waals surface area contributed by atoms with E-state index < -0.39 is 11.7 Å². The smallest absolute Gasteiger partial charge is 0.109 e. The van der Waals surface area contributed by atoms with Crippen LogP contribution in [-0.2, 0) is 24.3 Å². The van der Waals surface area contributed by atoms with Crippen molar-refractivity contribution in [1.29, 1.82) is 0 Å². The molecule has 8 heavy (non-hydrogen) atoms. The summed E-state index contributed by atoms with van der Waals surface area (Å²) in [5.74, 6) is 0. The van der Waals surface area contributed by atoms with Gasteiger partial charge in [-0.05, 0) is 6.92 Å². The Kier molecular flexibility index (Phi) is 2.62. The van der Waals surface area contributed by atoms with Crippen LogP contribution in [0.5, 0.6) is 0 Å². The average Bonchev–Trinajstić information content (AvgIpc) is 2.19. The predicted molar refractivity (Wildman–Crippen MR) is 30.9 cm³/mol. The maximum Gasteiger partial charge on any atom is 0.508 e. The van der Waals surface area contributed by atoms with E-state index in [1.54, 1.807) is 0 Å². The molecule has 0 N–H and O–H groups in total. The molecule has 0 atom stereocenters. The van der Waals surface area contributed by atoms with Crippen molar-refractivity contribution in [3.8, 4) is 0 Å². The van der Waals surface area contributed by atoms with Gasteiger partial charge in [-0.3, -0.25) is 0 Å². The van der Waals surface area contributed by atoms with Gasteiger partial charge in [0.25, 0.3) is 0 Å². The van der Waals surface area contributed by atoms with E-state index in [1.807, 2.05) is 6.92 Å². The highest BCUT2D eigenvalue weighted by Gasteiger charge is 2.32. The maximum absolute atomic E-state index is 4.99. The summed E-state index contributed by atoms with van der Waals surface area (Å²) in [5.41, 5.74) is 0. The molecule has 48 valence electrons. The lowest BCUT2D eigenvalue weighted by Crippen LogP contribution is -2.04. The largest absolute Gasteiger partial charge is 0.508 e. The van der Waals surface area contributed by atoms with E-state index in [4.69, 9.17) is 12.5 Å². The highest BCUT2D eigenvalue weighted by atomic mass is 32.3. The minimum atomic E-state index is -0.627. The van der Waals surface area contributed by atoms with Crippen LogP contribution in [0.1, 0.15) is 6.92 Å². The summed E-state index contributed by atoms with van der Waals surface area (Å²) < 4.78 is 14.9. The first kappa shape index (κ1) is 6.35. The fourth-order valence-electron chi connectivity index (χ4n) is 0.402. The molecule has 1 heterocycles. The lowest BCUT2D eigenvalue weighted by molar-refractivity contribution is 0.281. The monoisotopic (exact) mass is 137 g/mol. The zero-order valence-electron chi connectivity index (χ0n) is 4.75. The zero-order valence-corrected chi connectivity index (χ0v) is 5.57. The minimum Gasteiger partial charge on any atom is -0.109 e. The van der Waals surface area contributed by atoms with Crippen molar-refractivity contribution in [2.45, 2.75) is 6.92 Å². The molecule has 0 saturated carbocycles. The Morgan fingerprint density at radius 2 is 2.12 bits per heavy atom. The van der Waals surface area contributed by atoms with E-state index >= 15 is 0 Å². The predicted octanol–water partition coefficient (Wildman–Crippen LogP) is 0.433. The van der Waals surface area contributed by atoms with Gasteiger partial charge in [0.05, 0.1) is 0 Å². The topological polar surface area (TPSA) is 27.7 Å². The molecule has 0 radical (unpaired) electrons. The van der Waals surface area contributed by atoms with Crippen LogP contribution < -0.4 is 0 Å². The van der Waals surface area contributed by atoms with Crippen LogP contribution in [0.4, 0.5) is 0 Å². The molecule has 0 bridgehead atoms. The zero-order chi connectivity index (χ0) is 5.82. The summed E-state index contributed by atoms with van der Waals surface area (Å²) in [6.07, 6.45) is 0. The molecule has 0 amide bonds. The van der Waals surface area contributed by atoms with Gasteiger partial charge in [0.15, 0.2) is 0 Å². The van der Waals surface area contributed by atoms with Crippen LogP contribution in [0, 0.1) is 0 Å². The summed E-state index contributed by atoms with van der Waals surface area (Å²) in [4.78, 5) is 0. The highest BCUT2D eigenvalue weighted by Crippen LogP contribution is 2.09. The standard InChI is InChI=1S/C4H9O3S/c1-2-5-8-6-3-4-7-8/h2-4H2,1H3/q+1. The summed E-state index contributed by atoms with van der Waals surface area (Å²) in [6, 6.07) is 0. The van der Waals surface area contributed by atoms with Gasteiger partial charge in [0, 0.05) is 0 Å². The first-order valence-corrected chi connectivity index (χ1v) is 3.57. The first-order valence-electron chi connectivity index (χ1n) is 2.57. The third-order valence-corrected chi connectivity index (χ3v) is 1.80. The first-order chi connectivity index (χ1) is 3.93. The van der Waals surface area contributed by atoms with Crippen molar-refractivity contribution in [3.05, 3.63) is 0 Å². The van der Waals surface area contributed by atoms with Crippen molar-refractivity contribution in [3.63, 3.8) is 0 Å². The highest BCUT2D eigenvalue weighted by molar-refractivity contribution is 7.83. The summed E-state index contributed by atoms with van der Waals surface area (Å²) in [5, 5.41) is 0. The van der Waals surface area contributed by atoms with Crippen molar-refractivity contribution >= 4 is 11.7 Å². The molecule has 1 aliphatic heterocycles. The molecule has 1 saturated heterocycles. The van der Waals surface area contributed by atoms with E-state index in [-0.39, 0.29) is 0 Å². The van der Waals surface area contributed by atoms with Crippen molar-refractivity contribution in [2.24, 2.45) is 0 Å². The fourth-order valence-corrected chi connectivity index (χ4v) is 1.21. The Labute approximate surface area is 51.9 Å². The molecule has 3 nitrogen and oxygen atoms in total. The van der Waals surface area contributed by atoms with Crippen LogP contribution in [0.2, 0.25) is 0 Å². The molecule has 1 fully saturated rings. The number of hydrogen-bond donors (Lipinski definition) is 0. The fraction of sp³-hybridized carbons (Fsp3) is 1.00. The van der Waals surface area contributed by atoms with E-state index in [0.29, 0.717) is 19.8 Å². The second-order valence-electron chi connectivity index (χ2n) is 1.25. The molecule has 0 aromatic rings. The Morgan fingerprint density at radius 1 is 1.50 bits per heavy atom. The van der Waals surface area contributed by atoms with Crippen molar-refractivity contribution in [1.82, 2.24) is 0 Å². The van der Waals surface area contributed by atoms with Crippen molar-refractivity contribution in [2.75, 3.05) is 19.8 Å². The molecule has 0 unspecified atom stereocenters. The van der Waals surface area contributed by atoms with Crippen LogP contribution in [0.15, 0.2) is 0 Å². The Hall–Kier alpha value is 0.230. The second kappa shape index (κ2) is 3.29. The SMILES string of the molecule is CCO[S+]1OCCO1. The summed E-state index contributed by atoms with van der Waals surface area (Å²) >= 11 is -0.627. The van der Waals surface area contributed by atoms with E-state index in [0.717, 1.165) is 0 Å². The maximum atomic E-state index is 4.99. The van der Waals surface area contributed by atoms with Gasteiger partial charge in [-0.25, -0.2) is 0 Å². The van der Waals surface area contributed by atoms with Gasteiger partial charge in [0.1, 0.15) is 19.8 Å². The molecule has 0 aromatic heterocycles. The lowest BCUT2D eigenvalue weighted by atomic mass is 10.8. The van der Waals surface area contributed by atoms with Gasteiger partial charge < -0.3 is 0 Å². The average molecular weight is 137 g/mol. The van der Waals surface area contributed by atoms with E-state index in [9.17, 15) is 0 Å². The van der Waals surface area contributed by atoms with Gasteiger partial charge in [-0.1, -0.05) is 0 Å². The van der Waals surface area contributed by atoms with Crippen LogP contribution in [-0.4, -0.2) is 19.8 Å². The Bertz CT molecular complexity index is 62.3. The third-order valence-electron chi connectivity index (χ3n) is 0.657. The van der Waals surface area contributed by atoms with Crippen molar-refractivity contribution < 1.29 is 12.5 Å². The molecule has 4 heteroatoms. The summed E-state index contributed by atoms with van der Waals surface area (Å²) in [7, 11) is 0. The molecular formula is C4H9O3S+. The quantitative estimate of drug-likeness (QED) is 0.517. The van der Waals surface area contributed by atoms with E-state index in [1.165, 1.54) is 0 Å². The Balaban J connectivity index is 2.06. The van der Waals surface area contributed by atoms with Crippen LogP contribution >= 0.6 is 0 Å². The number of rotatable bonds is 2. The summed E-state index contributed by atoms with van der Waals surface area (Å²) in [6.45, 7) is 3.91. The van der Waals surface area contributed by atoms with Gasteiger partial charge in [0.2, 0.25) is 0 Å². The van der Waals surface area contributed by atoms with E-state index in [2.05, 4.69) is 0 Å². The number of hydrogen-bond acceptors (Lipinski definition) is 3. The second-order valence-corrected chi connectivity index (χ2v) is 2.37. The third kappa shape index (κ3) is 1.63.